The van der Waals surface area contributed by atoms with Crippen LogP contribution >= 0.6 is 11.6 Å². The van der Waals surface area contributed by atoms with Gasteiger partial charge in [0.05, 0.1) is 36.1 Å². The van der Waals surface area contributed by atoms with Gasteiger partial charge in [-0.05, 0) is 55.0 Å². The second kappa shape index (κ2) is 10.1. The fourth-order valence-electron chi connectivity index (χ4n) is 4.93. The van der Waals surface area contributed by atoms with Crippen LogP contribution in [-0.4, -0.2) is 62.1 Å². The van der Waals surface area contributed by atoms with Gasteiger partial charge in [-0.15, -0.1) is 0 Å². The van der Waals surface area contributed by atoms with E-state index in [9.17, 15) is 22.8 Å². The third kappa shape index (κ3) is 5.18. The van der Waals surface area contributed by atoms with Crippen LogP contribution in [0.25, 0.3) is 0 Å². The lowest BCUT2D eigenvalue weighted by molar-refractivity contribution is -0.136. The predicted octanol–water partition coefficient (Wildman–Crippen LogP) is 5.54. The van der Waals surface area contributed by atoms with Crippen molar-refractivity contribution in [2.75, 3.05) is 45.7 Å². The SMILES string of the molecule is COc1ccc(OC)c(C(=O)N2CCC3(CCN(C(=O)Nc4c(Cl)cccc4C(F)(F)F)C3)CC2)c1. The number of para-hydroxylation sites is 1. The Hall–Kier alpha value is -3.14. The van der Waals surface area contributed by atoms with Gasteiger partial charge in [-0.25, -0.2) is 4.79 Å². The second-order valence-corrected chi connectivity index (χ2v) is 9.53. The summed E-state index contributed by atoms with van der Waals surface area (Å²) in [5.41, 5.74) is -1.21. The number of hydrogen-bond donors (Lipinski definition) is 1. The Labute approximate surface area is 212 Å². The van der Waals surface area contributed by atoms with Gasteiger partial charge in [0.25, 0.3) is 5.91 Å². The molecule has 2 aliphatic rings. The Morgan fingerprint density at radius 3 is 2.28 bits per heavy atom. The summed E-state index contributed by atoms with van der Waals surface area (Å²) in [6.45, 7) is 1.80. The largest absolute Gasteiger partial charge is 0.497 e. The van der Waals surface area contributed by atoms with Crippen LogP contribution in [0.15, 0.2) is 36.4 Å². The van der Waals surface area contributed by atoms with Gasteiger partial charge in [0.1, 0.15) is 11.5 Å². The van der Waals surface area contributed by atoms with Gasteiger partial charge in [-0.1, -0.05) is 17.7 Å². The van der Waals surface area contributed by atoms with Gasteiger partial charge in [0.2, 0.25) is 0 Å². The fourth-order valence-corrected chi connectivity index (χ4v) is 5.15. The molecule has 0 bridgehead atoms. The average Bonchev–Trinajstić information content (AvgIpc) is 3.27. The molecule has 1 N–H and O–H groups in total. The summed E-state index contributed by atoms with van der Waals surface area (Å²) in [6, 6.07) is 7.83. The number of likely N-dealkylation sites (tertiary alicyclic amines) is 2. The van der Waals surface area contributed by atoms with Gasteiger partial charge in [0.15, 0.2) is 0 Å². The first-order valence-electron chi connectivity index (χ1n) is 11.5. The number of carbonyl (C=O) groups is 2. The quantitative estimate of drug-likeness (QED) is 0.569. The number of rotatable bonds is 4. The van der Waals surface area contributed by atoms with Crippen LogP contribution in [-0.2, 0) is 6.18 Å². The van der Waals surface area contributed by atoms with Crippen molar-refractivity contribution in [3.63, 3.8) is 0 Å². The van der Waals surface area contributed by atoms with E-state index in [0.29, 0.717) is 62.5 Å². The first kappa shape index (κ1) is 25.9. The zero-order chi connectivity index (χ0) is 26.1. The molecule has 2 heterocycles. The first-order chi connectivity index (χ1) is 17.1. The molecule has 0 atom stereocenters. The molecule has 11 heteroatoms. The number of amides is 3. The highest BCUT2D eigenvalue weighted by molar-refractivity contribution is 6.34. The lowest BCUT2D eigenvalue weighted by Gasteiger charge is -2.39. The van der Waals surface area contributed by atoms with Crippen LogP contribution in [0, 0.1) is 5.41 Å². The minimum atomic E-state index is -4.65. The highest BCUT2D eigenvalue weighted by Gasteiger charge is 2.43. The van der Waals surface area contributed by atoms with E-state index in [4.69, 9.17) is 21.1 Å². The number of carbonyl (C=O) groups excluding carboxylic acids is 2. The van der Waals surface area contributed by atoms with Crippen molar-refractivity contribution in [2.45, 2.75) is 25.4 Å². The van der Waals surface area contributed by atoms with E-state index in [1.54, 1.807) is 23.1 Å². The molecule has 7 nitrogen and oxygen atoms in total. The number of alkyl halides is 3. The number of piperidine rings is 1. The van der Waals surface area contributed by atoms with E-state index in [1.165, 1.54) is 31.3 Å². The molecule has 0 radical (unpaired) electrons. The zero-order valence-corrected chi connectivity index (χ0v) is 20.7. The Morgan fingerprint density at radius 2 is 1.67 bits per heavy atom. The molecule has 0 aromatic heterocycles. The minimum Gasteiger partial charge on any atom is -0.497 e. The van der Waals surface area contributed by atoms with Crippen molar-refractivity contribution in [1.82, 2.24) is 9.80 Å². The monoisotopic (exact) mass is 525 g/mol. The van der Waals surface area contributed by atoms with Crippen LogP contribution in [0.5, 0.6) is 11.5 Å². The molecule has 194 valence electrons. The molecule has 0 unspecified atom stereocenters. The lowest BCUT2D eigenvalue weighted by atomic mass is 9.77. The maximum absolute atomic E-state index is 13.4. The number of halogens is 4. The van der Waals surface area contributed by atoms with E-state index >= 15 is 0 Å². The van der Waals surface area contributed by atoms with Crippen LogP contribution in [0.4, 0.5) is 23.7 Å². The molecule has 4 rings (SSSR count). The first-order valence-corrected chi connectivity index (χ1v) is 11.9. The van der Waals surface area contributed by atoms with Gasteiger partial charge in [-0.3, -0.25) is 4.79 Å². The molecule has 36 heavy (non-hydrogen) atoms. The molecule has 2 fully saturated rings. The van der Waals surface area contributed by atoms with Crippen molar-refractivity contribution in [2.24, 2.45) is 5.41 Å². The Kier molecular flexibility index (Phi) is 7.26. The van der Waals surface area contributed by atoms with Gasteiger partial charge in [-0.2, -0.15) is 13.2 Å². The normalized spacial score (nSPS) is 17.3. The number of benzene rings is 2. The zero-order valence-electron chi connectivity index (χ0n) is 20.0. The van der Waals surface area contributed by atoms with Gasteiger partial charge in [0, 0.05) is 26.2 Å². The molecular formula is C25H27ClF3N3O4. The van der Waals surface area contributed by atoms with Gasteiger partial charge < -0.3 is 24.6 Å². The molecule has 2 aromatic carbocycles. The van der Waals surface area contributed by atoms with E-state index in [-0.39, 0.29) is 16.3 Å². The van der Waals surface area contributed by atoms with E-state index < -0.39 is 23.5 Å². The third-order valence-electron chi connectivity index (χ3n) is 7.02. The summed E-state index contributed by atoms with van der Waals surface area (Å²) in [4.78, 5) is 29.3. The third-order valence-corrected chi connectivity index (χ3v) is 7.34. The van der Waals surface area contributed by atoms with Crippen molar-refractivity contribution in [3.05, 3.63) is 52.5 Å². The summed E-state index contributed by atoms with van der Waals surface area (Å²) >= 11 is 5.98. The second-order valence-electron chi connectivity index (χ2n) is 9.12. The van der Waals surface area contributed by atoms with Crippen molar-refractivity contribution >= 4 is 29.2 Å². The number of methoxy groups -OCH3 is 2. The predicted molar refractivity (Wildman–Crippen MR) is 129 cm³/mol. The molecule has 2 aromatic rings. The number of hydrogen-bond acceptors (Lipinski definition) is 4. The smallest absolute Gasteiger partial charge is 0.418 e. The van der Waals surface area contributed by atoms with Crippen LogP contribution in [0.3, 0.4) is 0 Å². The Balaban J connectivity index is 1.40. The molecule has 0 saturated carbocycles. The maximum Gasteiger partial charge on any atom is 0.418 e. The highest BCUT2D eigenvalue weighted by atomic mass is 35.5. The number of nitrogens with one attached hydrogen (secondary N) is 1. The summed E-state index contributed by atoms with van der Waals surface area (Å²) in [7, 11) is 3.03. The van der Waals surface area contributed by atoms with Crippen molar-refractivity contribution in [1.29, 1.82) is 0 Å². The fraction of sp³-hybridized carbons (Fsp3) is 0.440. The summed E-state index contributed by atoms with van der Waals surface area (Å²) in [5, 5.41) is 2.19. The van der Waals surface area contributed by atoms with E-state index in [2.05, 4.69) is 5.32 Å². The number of nitrogens with zero attached hydrogens (tertiary/aromatic N) is 2. The molecule has 2 saturated heterocycles. The summed E-state index contributed by atoms with van der Waals surface area (Å²) in [5.74, 6) is 0.853. The van der Waals surface area contributed by atoms with Crippen molar-refractivity contribution < 1.29 is 32.2 Å². The summed E-state index contributed by atoms with van der Waals surface area (Å²) in [6.07, 6.45) is -2.59. The molecule has 1 spiro atoms. The van der Waals surface area contributed by atoms with Crippen LogP contribution < -0.4 is 14.8 Å². The highest BCUT2D eigenvalue weighted by Crippen LogP contribution is 2.42. The topological polar surface area (TPSA) is 71.1 Å². The van der Waals surface area contributed by atoms with Gasteiger partial charge >= 0.3 is 12.2 Å². The number of anilines is 1. The molecule has 2 aliphatic heterocycles. The Morgan fingerprint density at radius 1 is 1.00 bits per heavy atom. The van der Waals surface area contributed by atoms with Crippen molar-refractivity contribution in [3.8, 4) is 11.5 Å². The molecule has 0 aliphatic carbocycles. The Bertz CT molecular complexity index is 1150. The number of urea groups is 1. The maximum atomic E-state index is 13.4. The molecular weight excluding hydrogens is 499 g/mol. The average molecular weight is 526 g/mol. The van der Waals surface area contributed by atoms with Crippen LogP contribution in [0.2, 0.25) is 5.02 Å². The molecule has 3 amide bonds. The van der Waals surface area contributed by atoms with E-state index in [1.807, 2.05) is 0 Å². The van der Waals surface area contributed by atoms with Crippen LogP contribution in [0.1, 0.15) is 35.2 Å². The van der Waals surface area contributed by atoms with E-state index in [0.717, 1.165) is 6.07 Å². The minimum absolute atomic E-state index is 0.161. The lowest BCUT2D eigenvalue weighted by Crippen LogP contribution is -2.45. The summed E-state index contributed by atoms with van der Waals surface area (Å²) < 4.78 is 50.7. The number of ether oxygens (including phenoxy) is 2. The standard InChI is InChI=1S/C25H27ClF3N3O4/c1-35-16-6-7-20(36-2)17(14-16)22(33)31-11-8-24(9-12-31)10-13-32(15-24)23(34)30-21-18(25(27,28)29)4-3-5-19(21)26/h3-7,14H,8-13,15H2,1-2H3,(H,30,34).